The van der Waals surface area contributed by atoms with Gasteiger partial charge in [0.05, 0.1) is 18.5 Å². The second-order valence-corrected chi connectivity index (χ2v) is 4.08. The predicted molar refractivity (Wildman–Crippen MR) is 78.0 cm³/mol. The summed E-state index contributed by atoms with van der Waals surface area (Å²) in [5.74, 6) is 0.0101. The summed E-state index contributed by atoms with van der Waals surface area (Å²) >= 11 is 0. The fourth-order valence-electron chi connectivity index (χ4n) is 1.57. The number of aliphatic hydroxyl groups is 1. The zero-order valence-corrected chi connectivity index (χ0v) is 11.5. The lowest BCUT2D eigenvalue weighted by Gasteiger charge is -2.05. The van der Waals surface area contributed by atoms with Crippen molar-refractivity contribution in [1.29, 1.82) is 0 Å². The number of benzene rings is 1. The van der Waals surface area contributed by atoms with Crippen LogP contribution in [0.2, 0.25) is 0 Å². The van der Waals surface area contributed by atoms with E-state index in [9.17, 15) is 9.90 Å². The minimum Gasteiger partial charge on any atom is -0.502 e. The average molecular weight is 285 g/mol. The first-order chi connectivity index (χ1) is 10.2. The third kappa shape index (κ3) is 4.35. The molecule has 0 aliphatic rings. The molecule has 0 amide bonds. The normalized spacial score (nSPS) is 11.0. The maximum atomic E-state index is 11.3. The van der Waals surface area contributed by atoms with Crippen molar-refractivity contribution in [2.45, 2.75) is 6.92 Å². The number of aromatic nitrogens is 1. The van der Waals surface area contributed by atoms with Gasteiger partial charge in [-0.1, -0.05) is 18.2 Å². The minimum atomic E-state index is -0.774. The number of nitrogens with zero attached hydrogens (tertiary/aromatic N) is 1. The van der Waals surface area contributed by atoms with Crippen LogP contribution in [0.4, 0.5) is 0 Å². The van der Waals surface area contributed by atoms with Crippen molar-refractivity contribution < 1.29 is 19.4 Å². The van der Waals surface area contributed by atoms with Gasteiger partial charge in [-0.05, 0) is 31.2 Å². The molecule has 0 bridgehead atoms. The molecule has 1 aromatic carbocycles. The summed E-state index contributed by atoms with van der Waals surface area (Å²) in [6, 6.07) is 12.6. The molecule has 108 valence electrons. The molecule has 0 radical (unpaired) electrons. The van der Waals surface area contributed by atoms with Crippen LogP contribution in [0.5, 0.6) is 11.5 Å². The molecule has 5 nitrogen and oxygen atoms in total. The van der Waals surface area contributed by atoms with Crippen LogP contribution in [0, 0.1) is 0 Å². The molecule has 5 heteroatoms. The number of hydrogen-bond donors (Lipinski definition) is 1. The maximum absolute atomic E-state index is 11.3. The van der Waals surface area contributed by atoms with Gasteiger partial charge in [0.2, 0.25) is 5.76 Å². The number of hydrogen-bond acceptors (Lipinski definition) is 5. The van der Waals surface area contributed by atoms with Crippen LogP contribution in [0.15, 0.2) is 54.4 Å². The second kappa shape index (κ2) is 7.09. The van der Waals surface area contributed by atoms with E-state index in [0.29, 0.717) is 17.2 Å². The molecule has 0 saturated heterocycles. The Morgan fingerprint density at radius 2 is 1.95 bits per heavy atom. The fraction of sp³-hybridized carbons (Fsp3) is 0.125. The van der Waals surface area contributed by atoms with E-state index in [1.807, 2.05) is 30.3 Å². The molecule has 0 atom stereocenters. The van der Waals surface area contributed by atoms with Gasteiger partial charge in [-0.25, -0.2) is 4.79 Å². The van der Waals surface area contributed by atoms with Gasteiger partial charge in [0.1, 0.15) is 11.5 Å². The summed E-state index contributed by atoms with van der Waals surface area (Å²) in [4.78, 5) is 15.4. The van der Waals surface area contributed by atoms with Crippen molar-refractivity contribution in [2.75, 3.05) is 6.61 Å². The number of carbonyl (C=O) groups is 1. The summed E-state index contributed by atoms with van der Waals surface area (Å²) in [7, 11) is 0. The fourth-order valence-corrected chi connectivity index (χ4v) is 1.57. The molecule has 0 fully saturated rings. The Bertz CT molecular complexity index is 620. The molecule has 1 N–H and O–H groups in total. The summed E-state index contributed by atoms with van der Waals surface area (Å²) in [6.07, 6.45) is 2.75. The highest BCUT2D eigenvalue weighted by Crippen LogP contribution is 2.20. The first-order valence-electron chi connectivity index (χ1n) is 6.46. The maximum Gasteiger partial charge on any atom is 0.373 e. The Balaban J connectivity index is 2.05. The van der Waals surface area contributed by atoms with Crippen LogP contribution >= 0.6 is 0 Å². The van der Waals surface area contributed by atoms with E-state index in [0.717, 1.165) is 0 Å². The summed E-state index contributed by atoms with van der Waals surface area (Å²) in [5.41, 5.74) is 0.431. The van der Waals surface area contributed by atoms with Crippen molar-refractivity contribution in [3.05, 3.63) is 60.1 Å². The molecule has 1 heterocycles. The van der Waals surface area contributed by atoms with Gasteiger partial charge >= 0.3 is 5.97 Å². The zero-order valence-electron chi connectivity index (χ0n) is 11.5. The van der Waals surface area contributed by atoms with Crippen LogP contribution in [0.3, 0.4) is 0 Å². The number of pyridine rings is 1. The third-order valence-electron chi connectivity index (χ3n) is 2.51. The van der Waals surface area contributed by atoms with Crippen LogP contribution in [-0.2, 0) is 9.53 Å². The molecular weight excluding hydrogens is 270 g/mol. The Morgan fingerprint density at radius 3 is 2.57 bits per heavy atom. The smallest absolute Gasteiger partial charge is 0.373 e. The number of aliphatic hydroxyl groups excluding tert-OH is 1. The van der Waals surface area contributed by atoms with Gasteiger partial charge in [-0.3, -0.25) is 4.98 Å². The molecule has 1 aromatic heterocycles. The highest BCUT2D eigenvalue weighted by atomic mass is 16.5. The second-order valence-electron chi connectivity index (χ2n) is 4.08. The molecule has 21 heavy (non-hydrogen) atoms. The largest absolute Gasteiger partial charge is 0.502 e. The van der Waals surface area contributed by atoms with E-state index in [1.54, 1.807) is 19.1 Å². The van der Waals surface area contributed by atoms with Gasteiger partial charge in [0.25, 0.3) is 0 Å². The highest BCUT2D eigenvalue weighted by Gasteiger charge is 2.08. The number of para-hydroxylation sites is 1. The van der Waals surface area contributed by atoms with Gasteiger partial charge in [-0.15, -0.1) is 0 Å². The molecule has 2 rings (SSSR count). The number of carbonyl (C=O) groups excluding carboxylic acids is 1. The quantitative estimate of drug-likeness (QED) is 0.518. The molecule has 0 unspecified atom stereocenters. The molecule has 0 aliphatic carbocycles. The molecule has 0 saturated carbocycles. The summed E-state index contributed by atoms with van der Waals surface area (Å²) in [6.45, 7) is 1.87. The average Bonchev–Trinajstić information content (AvgIpc) is 2.50. The van der Waals surface area contributed by atoms with Crippen molar-refractivity contribution >= 4 is 12.0 Å². The van der Waals surface area contributed by atoms with Crippen molar-refractivity contribution in [3.8, 4) is 11.5 Å². The number of esters is 1. The van der Waals surface area contributed by atoms with Crippen molar-refractivity contribution in [2.24, 2.45) is 0 Å². The predicted octanol–water partition coefficient (Wildman–Crippen LogP) is 3.34. The van der Waals surface area contributed by atoms with Gasteiger partial charge in [-0.2, -0.15) is 0 Å². The van der Waals surface area contributed by atoms with E-state index < -0.39 is 11.7 Å². The summed E-state index contributed by atoms with van der Waals surface area (Å²) in [5, 5.41) is 9.52. The number of ether oxygens (including phenoxy) is 2. The van der Waals surface area contributed by atoms with Crippen LogP contribution in [0.25, 0.3) is 6.08 Å². The van der Waals surface area contributed by atoms with E-state index in [1.165, 1.54) is 12.3 Å². The van der Waals surface area contributed by atoms with Crippen molar-refractivity contribution in [3.63, 3.8) is 0 Å². The van der Waals surface area contributed by atoms with Gasteiger partial charge in [0, 0.05) is 6.08 Å². The molecular formula is C16H15NO4. The highest BCUT2D eigenvalue weighted by molar-refractivity contribution is 5.90. The van der Waals surface area contributed by atoms with Crippen LogP contribution in [-0.4, -0.2) is 22.7 Å². The molecule has 0 spiro atoms. The van der Waals surface area contributed by atoms with Gasteiger partial charge in [0.15, 0.2) is 0 Å². The van der Waals surface area contributed by atoms with Crippen LogP contribution in [0.1, 0.15) is 12.6 Å². The van der Waals surface area contributed by atoms with E-state index in [4.69, 9.17) is 4.74 Å². The van der Waals surface area contributed by atoms with E-state index in [2.05, 4.69) is 9.72 Å². The lowest BCUT2D eigenvalue weighted by Crippen LogP contribution is -2.06. The van der Waals surface area contributed by atoms with Crippen LogP contribution < -0.4 is 4.74 Å². The zero-order chi connectivity index (χ0) is 15.1. The Labute approximate surface area is 122 Å². The monoisotopic (exact) mass is 285 g/mol. The third-order valence-corrected chi connectivity index (χ3v) is 2.51. The lowest BCUT2D eigenvalue weighted by atomic mass is 10.3. The van der Waals surface area contributed by atoms with E-state index >= 15 is 0 Å². The Kier molecular flexibility index (Phi) is 4.93. The first-order valence-corrected chi connectivity index (χ1v) is 6.46. The number of rotatable bonds is 5. The topological polar surface area (TPSA) is 68.7 Å². The summed E-state index contributed by atoms with van der Waals surface area (Å²) < 4.78 is 10.3. The minimum absolute atomic E-state index is 0.202. The Morgan fingerprint density at radius 1 is 1.19 bits per heavy atom. The molecule has 0 aliphatic heterocycles. The SMILES string of the molecule is CCOC(=O)/C(O)=C/c1ccc(Oc2ccccc2)cn1. The van der Waals surface area contributed by atoms with Crippen molar-refractivity contribution in [1.82, 2.24) is 4.98 Å². The first kappa shape index (κ1) is 14.6. The Hall–Kier alpha value is -2.82. The molecule has 2 aromatic rings. The lowest BCUT2D eigenvalue weighted by molar-refractivity contribution is -0.141. The standard InChI is InChI=1S/C16H15NO4/c1-2-20-16(19)15(18)10-12-8-9-14(11-17-12)21-13-6-4-3-5-7-13/h3-11,18H,2H2,1H3/b15-10-. The van der Waals surface area contributed by atoms with E-state index in [-0.39, 0.29) is 6.61 Å². The van der Waals surface area contributed by atoms with Gasteiger partial charge < -0.3 is 14.6 Å².